The van der Waals surface area contributed by atoms with E-state index in [-0.39, 0.29) is 11.9 Å². The number of rotatable bonds is 5. The number of amides is 3. The Morgan fingerprint density at radius 2 is 2.11 bits per heavy atom. The summed E-state index contributed by atoms with van der Waals surface area (Å²) >= 11 is 0. The van der Waals surface area contributed by atoms with Crippen molar-refractivity contribution < 1.29 is 18.8 Å². The molecule has 8 heteroatoms. The Bertz CT molecular complexity index is 842. The molecule has 0 aliphatic carbocycles. The lowest BCUT2D eigenvalue weighted by Crippen LogP contribution is -2.42. The molecule has 8 nitrogen and oxygen atoms in total. The van der Waals surface area contributed by atoms with Crippen molar-refractivity contribution in [1.82, 2.24) is 10.5 Å². The predicted molar refractivity (Wildman–Crippen MR) is 101 cm³/mol. The Kier molecular flexibility index (Phi) is 5.34. The number of carbonyl (C=O) groups is 2. The largest absolute Gasteiger partial charge is 0.479 e. The van der Waals surface area contributed by atoms with Gasteiger partial charge in [-0.3, -0.25) is 4.79 Å². The van der Waals surface area contributed by atoms with Gasteiger partial charge in [0, 0.05) is 30.9 Å². The highest BCUT2D eigenvalue weighted by atomic mass is 16.5. The second-order valence-corrected chi connectivity index (χ2v) is 6.63. The number of carbonyl (C=O) groups excluding carboxylic acids is 2. The molecule has 0 radical (unpaired) electrons. The molecule has 0 spiro atoms. The van der Waals surface area contributed by atoms with Crippen LogP contribution in [0.25, 0.3) is 0 Å². The third-order valence-electron chi connectivity index (χ3n) is 4.63. The van der Waals surface area contributed by atoms with Crippen molar-refractivity contribution in [3.63, 3.8) is 0 Å². The van der Waals surface area contributed by atoms with E-state index in [0.717, 1.165) is 29.9 Å². The fraction of sp³-hybridized carbons (Fsp3) is 0.421. The minimum absolute atomic E-state index is 0.0979. The maximum Gasteiger partial charge on any atom is 0.319 e. The lowest BCUT2D eigenvalue weighted by atomic mass is 10.1. The van der Waals surface area contributed by atoms with Gasteiger partial charge in [-0.1, -0.05) is 5.16 Å². The highest BCUT2D eigenvalue weighted by molar-refractivity contribution is 6.00. The van der Waals surface area contributed by atoms with Crippen LogP contribution in [0.3, 0.4) is 0 Å². The number of likely N-dealkylation sites (N-methyl/N-ethyl adjacent to an activating group) is 1. The molecular weight excluding hydrogens is 348 g/mol. The van der Waals surface area contributed by atoms with Crippen LogP contribution in [-0.2, 0) is 11.2 Å². The molecule has 0 bridgehead atoms. The number of anilines is 2. The molecular formula is C19H24N4O4. The summed E-state index contributed by atoms with van der Waals surface area (Å²) in [4.78, 5) is 25.6. The second-order valence-electron chi connectivity index (χ2n) is 6.63. The molecule has 144 valence electrons. The van der Waals surface area contributed by atoms with E-state index in [2.05, 4.69) is 15.8 Å². The minimum Gasteiger partial charge on any atom is -0.479 e. The number of aromatic nitrogens is 1. The van der Waals surface area contributed by atoms with E-state index in [1.807, 2.05) is 13.8 Å². The second kappa shape index (κ2) is 7.69. The molecule has 1 aromatic heterocycles. The van der Waals surface area contributed by atoms with Crippen molar-refractivity contribution in [3.05, 3.63) is 35.2 Å². The van der Waals surface area contributed by atoms with Crippen molar-refractivity contribution in [2.24, 2.45) is 0 Å². The van der Waals surface area contributed by atoms with E-state index in [0.29, 0.717) is 23.7 Å². The molecule has 2 N–H and O–H groups in total. The Morgan fingerprint density at radius 1 is 1.33 bits per heavy atom. The van der Waals surface area contributed by atoms with Crippen molar-refractivity contribution >= 4 is 23.3 Å². The summed E-state index contributed by atoms with van der Waals surface area (Å²) in [6, 6.07) is 4.93. The van der Waals surface area contributed by atoms with Gasteiger partial charge in [0.15, 0.2) is 6.10 Å². The summed E-state index contributed by atoms with van der Waals surface area (Å²) in [5, 5.41) is 9.54. The topological polar surface area (TPSA) is 96.7 Å². The van der Waals surface area contributed by atoms with Crippen LogP contribution in [0.2, 0.25) is 0 Å². The van der Waals surface area contributed by atoms with Gasteiger partial charge in [-0.25, -0.2) is 4.79 Å². The van der Waals surface area contributed by atoms with Crippen LogP contribution < -0.4 is 20.3 Å². The first-order valence-corrected chi connectivity index (χ1v) is 8.91. The summed E-state index contributed by atoms with van der Waals surface area (Å²) in [6.45, 7) is 6.04. The number of urea groups is 1. The molecule has 0 unspecified atom stereocenters. The molecule has 27 heavy (non-hydrogen) atoms. The molecule has 1 atom stereocenters. The highest BCUT2D eigenvalue weighted by Crippen LogP contribution is 2.35. The molecule has 0 saturated carbocycles. The predicted octanol–water partition coefficient (Wildman–Crippen LogP) is 2.79. The number of fused-ring (bicyclic) bond motifs is 1. The lowest BCUT2D eigenvalue weighted by Gasteiger charge is -2.30. The number of nitrogens with zero attached hydrogens (tertiary/aromatic N) is 2. The van der Waals surface area contributed by atoms with Crippen molar-refractivity contribution in [2.75, 3.05) is 23.8 Å². The third kappa shape index (κ3) is 4.05. The third-order valence-corrected chi connectivity index (χ3v) is 4.63. The molecule has 3 amide bonds. The average molecular weight is 372 g/mol. The zero-order valence-electron chi connectivity index (χ0n) is 16.0. The number of nitrogens with one attached hydrogen (secondary N) is 2. The molecule has 0 saturated heterocycles. The molecule has 1 aromatic carbocycles. The van der Waals surface area contributed by atoms with Crippen LogP contribution in [0.15, 0.2) is 22.7 Å². The van der Waals surface area contributed by atoms with E-state index < -0.39 is 6.10 Å². The maximum atomic E-state index is 12.1. The Balaban J connectivity index is 1.51. The van der Waals surface area contributed by atoms with E-state index in [1.165, 1.54) is 0 Å². The summed E-state index contributed by atoms with van der Waals surface area (Å²) in [5.41, 5.74) is 3.27. The van der Waals surface area contributed by atoms with Crippen LogP contribution in [0.1, 0.15) is 30.4 Å². The van der Waals surface area contributed by atoms with Gasteiger partial charge in [-0.2, -0.15) is 0 Å². The van der Waals surface area contributed by atoms with Gasteiger partial charge < -0.3 is 24.8 Å². The standard InChI is InChI=1S/C19H24N4O4/c1-11-15(12(2)27-22-11)6-5-9-20-19(25)21-14-7-8-16-17(10-14)26-13(3)18(24)23(16)4/h7-8,10,13H,5-6,9H2,1-4H3,(H2,20,21,25)/t13-/m0/s1. The van der Waals surface area contributed by atoms with Gasteiger partial charge >= 0.3 is 6.03 Å². The van der Waals surface area contributed by atoms with Crippen molar-refractivity contribution in [2.45, 2.75) is 39.7 Å². The van der Waals surface area contributed by atoms with Crippen LogP contribution in [0.5, 0.6) is 5.75 Å². The number of ether oxygens (including phenoxy) is 1. The quantitative estimate of drug-likeness (QED) is 0.787. The lowest BCUT2D eigenvalue weighted by molar-refractivity contribution is -0.125. The molecule has 3 rings (SSSR count). The zero-order chi connectivity index (χ0) is 19.6. The highest BCUT2D eigenvalue weighted by Gasteiger charge is 2.28. The van der Waals surface area contributed by atoms with Gasteiger partial charge in [0.25, 0.3) is 5.91 Å². The number of hydrogen-bond acceptors (Lipinski definition) is 5. The van der Waals surface area contributed by atoms with E-state index >= 15 is 0 Å². The fourth-order valence-corrected chi connectivity index (χ4v) is 3.10. The first-order chi connectivity index (χ1) is 12.9. The van der Waals surface area contributed by atoms with E-state index in [9.17, 15) is 9.59 Å². The monoisotopic (exact) mass is 372 g/mol. The molecule has 0 fully saturated rings. The molecule has 1 aliphatic rings. The summed E-state index contributed by atoms with van der Waals surface area (Å²) in [5.74, 6) is 1.30. The van der Waals surface area contributed by atoms with Gasteiger partial charge in [-0.05, 0) is 45.7 Å². The Hall–Kier alpha value is -3.03. The van der Waals surface area contributed by atoms with Gasteiger partial charge in [-0.15, -0.1) is 0 Å². The minimum atomic E-state index is -0.545. The van der Waals surface area contributed by atoms with Crippen LogP contribution in [-0.4, -0.2) is 36.8 Å². The first-order valence-electron chi connectivity index (χ1n) is 8.91. The van der Waals surface area contributed by atoms with Crippen LogP contribution in [0, 0.1) is 13.8 Å². The van der Waals surface area contributed by atoms with E-state index in [1.54, 1.807) is 37.1 Å². The van der Waals surface area contributed by atoms with Crippen molar-refractivity contribution in [3.8, 4) is 5.75 Å². The number of aryl methyl sites for hydroxylation is 2. The number of hydrogen-bond donors (Lipinski definition) is 2. The summed E-state index contributed by atoms with van der Waals surface area (Å²) < 4.78 is 10.8. The van der Waals surface area contributed by atoms with Crippen molar-refractivity contribution in [1.29, 1.82) is 0 Å². The van der Waals surface area contributed by atoms with Gasteiger partial charge in [0.05, 0.1) is 11.4 Å². The van der Waals surface area contributed by atoms with Gasteiger partial charge in [0.2, 0.25) is 0 Å². The maximum absolute atomic E-state index is 12.1. The van der Waals surface area contributed by atoms with Crippen LogP contribution in [0.4, 0.5) is 16.2 Å². The zero-order valence-corrected chi connectivity index (χ0v) is 16.0. The van der Waals surface area contributed by atoms with E-state index in [4.69, 9.17) is 9.26 Å². The Labute approximate surface area is 157 Å². The summed E-state index contributed by atoms with van der Waals surface area (Å²) in [7, 11) is 1.71. The molecule has 2 heterocycles. The fourth-order valence-electron chi connectivity index (χ4n) is 3.10. The Morgan fingerprint density at radius 3 is 2.81 bits per heavy atom. The SMILES string of the molecule is Cc1noc(C)c1CCCNC(=O)Nc1ccc2c(c1)O[C@@H](C)C(=O)N2C. The molecule has 2 aromatic rings. The summed E-state index contributed by atoms with van der Waals surface area (Å²) in [6.07, 6.45) is 1.04. The van der Waals surface area contributed by atoms with Crippen LogP contribution >= 0.6 is 0 Å². The average Bonchev–Trinajstić information content (AvgIpc) is 2.95. The van der Waals surface area contributed by atoms with Gasteiger partial charge in [0.1, 0.15) is 11.5 Å². The number of benzene rings is 1. The smallest absolute Gasteiger partial charge is 0.319 e. The normalized spacial score (nSPS) is 15.9. The first kappa shape index (κ1) is 18.8. The molecule has 1 aliphatic heterocycles.